The van der Waals surface area contributed by atoms with Crippen LogP contribution in [0.4, 0.5) is 0 Å². The van der Waals surface area contributed by atoms with E-state index in [1.54, 1.807) is 0 Å². The van der Waals surface area contributed by atoms with Crippen LogP contribution in [0, 0.1) is 0 Å². The fraction of sp³-hybridized carbons (Fsp3) is 0.600. The van der Waals surface area contributed by atoms with Gasteiger partial charge in [0.1, 0.15) is 6.10 Å². The topological polar surface area (TPSA) is 140 Å². The van der Waals surface area contributed by atoms with E-state index in [9.17, 15) is 19.3 Å². The van der Waals surface area contributed by atoms with E-state index in [0.29, 0.717) is 0 Å². The largest absolute Gasteiger partial charge is 0.472 e. The van der Waals surface area contributed by atoms with E-state index >= 15 is 0 Å². The number of aliphatic hydroxyl groups is 1. The van der Waals surface area contributed by atoms with Crippen molar-refractivity contribution >= 4 is 7.82 Å². The minimum absolute atomic E-state index is 0.0972. The minimum Gasteiger partial charge on any atom is -0.388 e. The average molecular weight is 322 g/mol. The highest BCUT2D eigenvalue weighted by molar-refractivity contribution is 7.47. The van der Waals surface area contributed by atoms with Crippen LogP contribution in [0.2, 0.25) is 0 Å². The summed E-state index contributed by atoms with van der Waals surface area (Å²) in [4.78, 5) is 33.8. The number of H-pyrrole nitrogens is 1. The first kappa shape index (κ1) is 16.1. The van der Waals surface area contributed by atoms with E-state index in [-0.39, 0.29) is 13.0 Å². The van der Waals surface area contributed by atoms with Crippen LogP contribution >= 0.6 is 7.82 Å². The zero-order valence-electron chi connectivity index (χ0n) is 11.0. The summed E-state index contributed by atoms with van der Waals surface area (Å²) in [6, 6.07) is 1.12. The van der Waals surface area contributed by atoms with Gasteiger partial charge in [-0.05, 0) is 0 Å². The van der Waals surface area contributed by atoms with Crippen LogP contribution in [0.5, 0.6) is 0 Å². The summed E-state index contributed by atoms with van der Waals surface area (Å²) in [5.74, 6) is 0. The third-order valence-corrected chi connectivity index (χ3v) is 3.88. The van der Waals surface area contributed by atoms with Gasteiger partial charge in [-0.15, -0.1) is 0 Å². The Balaban J connectivity index is 2.06. The number of aromatic amines is 1. The second-order valence-electron chi connectivity index (χ2n) is 4.42. The van der Waals surface area contributed by atoms with E-state index in [0.717, 1.165) is 17.7 Å². The number of phosphoric ester groups is 1. The zero-order chi connectivity index (χ0) is 15.6. The molecule has 3 N–H and O–H groups in total. The Morgan fingerprint density at radius 3 is 2.90 bits per heavy atom. The lowest BCUT2D eigenvalue weighted by Crippen LogP contribution is -2.34. The summed E-state index contributed by atoms with van der Waals surface area (Å²) in [5, 5.41) is 9.90. The van der Waals surface area contributed by atoms with Gasteiger partial charge >= 0.3 is 13.5 Å². The molecule has 1 saturated heterocycles. The molecule has 0 spiro atoms. The lowest BCUT2D eigenvalue weighted by molar-refractivity contribution is -0.0528. The summed E-state index contributed by atoms with van der Waals surface area (Å²) < 4.78 is 26.5. The molecule has 0 amide bonds. The van der Waals surface area contributed by atoms with Gasteiger partial charge in [-0.3, -0.25) is 23.4 Å². The van der Waals surface area contributed by atoms with Gasteiger partial charge in [0, 0.05) is 25.8 Å². The van der Waals surface area contributed by atoms with Crippen molar-refractivity contribution in [1.29, 1.82) is 0 Å². The number of hydrogen-bond donors (Lipinski definition) is 3. The number of nitrogens with one attached hydrogen (secondary N) is 1. The predicted molar refractivity (Wildman–Crippen MR) is 68.6 cm³/mol. The second-order valence-corrected chi connectivity index (χ2v) is 5.98. The fourth-order valence-electron chi connectivity index (χ4n) is 1.95. The number of aliphatic hydroxyl groups excluding tert-OH is 1. The second kappa shape index (κ2) is 6.22. The van der Waals surface area contributed by atoms with E-state index < -0.39 is 37.5 Å². The Morgan fingerprint density at radius 1 is 1.57 bits per heavy atom. The lowest BCUT2D eigenvalue weighted by atomic mass is 10.2. The maximum atomic E-state index is 11.6. The van der Waals surface area contributed by atoms with Crippen LogP contribution in [0.3, 0.4) is 0 Å². The number of rotatable bonds is 5. The van der Waals surface area contributed by atoms with Crippen molar-refractivity contribution in [2.45, 2.75) is 24.9 Å². The summed E-state index contributed by atoms with van der Waals surface area (Å²) >= 11 is 0. The molecule has 1 aliphatic rings. The van der Waals surface area contributed by atoms with E-state index in [1.807, 2.05) is 4.98 Å². The molecule has 0 aliphatic carbocycles. The standard InChI is InChI=1S/C10H15N2O8P/c1-18-21(16,17)19-5-6-4-7(13)9(20-6)12-3-2-8(14)11-10(12)15/h2-3,6-7,9,13H,4-5H2,1H3,(H,16,17)(H,11,14,15)/t6-,7-,9+/m0/s1. The quantitative estimate of drug-likeness (QED) is 0.583. The Hall–Kier alpha value is -1.29. The first-order valence-electron chi connectivity index (χ1n) is 6.00. The van der Waals surface area contributed by atoms with Crippen molar-refractivity contribution in [3.05, 3.63) is 33.1 Å². The van der Waals surface area contributed by atoms with Gasteiger partial charge in [-0.2, -0.15) is 0 Å². The van der Waals surface area contributed by atoms with Gasteiger partial charge in [0.05, 0.1) is 12.7 Å². The van der Waals surface area contributed by atoms with Crippen molar-refractivity contribution in [3.8, 4) is 0 Å². The van der Waals surface area contributed by atoms with E-state index in [2.05, 4.69) is 9.05 Å². The molecule has 10 nitrogen and oxygen atoms in total. The molecule has 0 radical (unpaired) electrons. The Kier molecular flexibility index (Phi) is 4.77. The number of hydrogen-bond acceptors (Lipinski definition) is 7. The van der Waals surface area contributed by atoms with Crippen molar-refractivity contribution in [3.63, 3.8) is 0 Å². The molecule has 0 aromatic carbocycles. The summed E-state index contributed by atoms with van der Waals surface area (Å²) in [7, 11) is -3.11. The highest BCUT2D eigenvalue weighted by Gasteiger charge is 2.37. The van der Waals surface area contributed by atoms with Crippen LogP contribution in [0.15, 0.2) is 21.9 Å². The van der Waals surface area contributed by atoms with Crippen LogP contribution in [0.25, 0.3) is 0 Å². The average Bonchev–Trinajstić information content (AvgIpc) is 2.78. The Morgan fingerprint density at radius 2 is 2.29 bits per heavy atom. The molecule has 0 bridgehead atoms. The van der Waals surface area contributed by atoms with Crippen molar-refractivity contribution in [1.82, 2.24) is 9.55 Å². The molecule has 2 heterocycles. The molecule has 4 atom stereocenters. The molecule has 2 rings (SSSR count). The molecule has 1 aliphatic heterocycles. The molecule has 118 valence electrons. The van der Waals surface area contributed by atoms with Gasteiger partial charge in [0.25, 0.3) is 5.56 Å². The van der Waals surface area contributed by atoms with Crippen LogP contribution in [-0.4, -0.2) is 45.5 Å². The Bertz CT molecular complexity index is 655. The molecule has 21 heavy (non-hydrogen) atoms. The summed E-state index contributed by atoms with van der Waals surface area (Å²) in [5.41, 5.74) is -1.29. The van der Waals surface area contributed by atoms with Gasteiger partial charge in [0.15, 0.2) is 6.23 Å². The molecule has 11 heteroatoms. The maximum Gasteiger partial charge on any atom is 0.472 e. The molecular weight excluding hydrogens is 307 g/mol. The normalized spacial score (nSPS) is 28.4. The van der Waals surface area contributed by atoms with Gasteiger partial charge in [-0.1, -0.05) is 0 Å². The van der Waals surface area contributed by atoms with Gasteiger partial charge in [0.2, 0.25) is 0 Å². The van der Waals surface area contributed by atoms with Gasteiger partial charge in [-0.25, -0.2) is 9.36 Å². The van der Waals surface area contributed by atoms with Crippen molar-refractivity contribution in [2.75, 3.05) is 13.7 Å². The molecular formula is C10H15N2O8P. The number of nitrogens with zero attached hydrogens (tertiary/aromatic N) is 1. The SMILES string of the molecule is COP(=O)(O)OC[C@@H]1C[C@H](O)[C@H](n2ccc(=O)[nH]c2=O)O1. The zero-order valence-corrected chi connectivity index (χ0v) is 11.9. The van der Waals surface area contributed by atoms with Crippen molar-refractivity contribution in [2.24, 2.45) is 0 Å². The number of ether oxygens (including phenoxy) is 1. The first-order valence-corrected chi connectivity index (χ1v) is 7.50. The van der Waals surface area contributed by atoms with Crippen LogP contribution < -0.4 is 11.2 Å². The minimum atomic E-state index is -4.13. The molecule has 0 saturated carbocycles. The third-order valence-electron chi connectivity index (χ3n) is 2.95. The monoisotopic (exact) mass is 322 g/mol. The summed E-state index contributed by atoms with van der Waals surface area (Å²) in [6.07, 6.45) is -1.43. The summed E-state index contributed by atoms with van der Waals surface area (Å²) in [6.45, 7) is -0.284. The first-order chi connectivity index (χ1) is 9.82. The lowest BCUT2D eigenvalue weighted by Gasteiger charge is -2.17. The predicted octanol–water partition coefficient (Wildman–Crippen LogP) is -1.05. The molecule has 1 fully saturated rings. The molecule has 1 unspecified atom stereocenters. The number of phosphoric acid groups is 1. The number of aromatic nitrogens is 2. The molecule has 1 aromatic heterocycles. The highest BCUT2D eigenvalue weighted by Crippen LogP contribution is 2.43. The Labute approximate surface area is 118 Å². The fourth-order valence-corrected chi connectivity index (χ4v) is 2.41. The van der Waals surface area contributed by atoms with Gasteiger partial charge < -0.3 is 14.7 Å². The van der Waals surface area contributed by atoms with Crippen LogP contribution in [0.1, 0.15) is 12.6 Å². The van der Waals surface area contributed by atoms with E-state index in [1.165, 1.54) is 6.20 Å². The molecule has 1 aromatic rings. The highest BCUT2D eigenvalue weighted by atomic mass is 31.2. The van der Waals surface area contributed by atoms with Crippen molar-refractivity contribution < 1.29 is 28.3 Å². The maximum absolute atomic E-state index is 11.6. The van der Waals surface area contributed by atoms with E-state index in [4.69, 9.17) is 9.63 Å². The third kappa shape index (κ3) is 3.88. The smallest absolute Gasteiger partial charge is 0.388 e. The van der Waals surface area contributed by atoms with Crippen LogP contribution in [-0.2, 0) is 18.3 Å².